The van der Waals surface area contributed by atoms with Gasteiger partial charge in [-0.3, -0.25) is 0 Å². The van der Waals surface area contributed by atoms with Gasteiger partial charge in [-0.1, -0.05) is 25.4 Å². The molecule has 1 aromatic rings. The molecule has 1 rings (SSSR count). The number of halogens is 1. The monoisotopic (exact) mass is 255 g/mol. The molecule has 1 aromatic heterocycles. The van der Waals surface area contributed by atoms with E-state index in [1.54, 1.807) is 0 Å². The first kappa shape index (κ1) is 14.2. The van der Waals surface area contributed by atoms with Crippen molar-refractivity contribution in [3.05, 3.63) is 16.5 Å². The highest BCUT2D eigenvalue weighted by atomic mass is 35.5. The summed E-state index contributed by atoms with van der Waals surface area (Å²) in [6.07, 6.45) is 3.04. The average molecular weight is 256 g/mol. The topological polar surface area (TPSA) is 29.0 Å². The fraction of sp³-hybridized carbons (Fsp3) is 0.692. The van der Waals surface area contributed by atoms with E-state index in [-0.39, 0.29) is 0 Å². The Morgan fingerprint density at radius 3 is 2.35 bits per heavy atom. The lowest BCUT2D eigenvalue weighted by Crippen LogP contribution is -2.26. The predicted octanol–water partition coefficient (Wildman–Crippen LogP) is 3.63. The van der Waals surface area contributed by atoms with E-state index in [9.17, 15) is 0 Å². The van der Waals surface area contributed by atoms with Gasteiger partial charge in [-0.05, 0) is 26.7 Å². The number of hydrogen-bond donors (Lipinski definition) is 0. The third kappa shape index (κ3) is 3.56. The maximum Gasteiger partial charge on any atom is 0.137 e. The molecule has 0 bridgehead atoms. The Balaban J connectivity index is 3.10. The van der Waals surface area contributed by atoms with Gasteiger partial charge in [-0.25, -0.2) is 9.97 Å². The van der Waals surface area contributed by atoms with Gasteiger partial charge in [0.1, 0.15) is 16.8 Å². The van der Waals surface area contributed by atoms with Crippen LogP contribution in [0.15, 0.2) is 0 Å². The van der Waals surface area contributed by atoms with Crippen LogP contribution in [0.5, 0.6) is 0 Å². The summed E-state index contributed by atoms with van der Waals surface area (Å²) in [7, 11) is 0. The molecule has 0 fully saturated rings. The molecular weight excluding hydrogens is 234 g/mol. The Bertz CT molecular complexity index is 366. The highest BCUT2D eigenvalue weighted by molar-refractivity contribution is 6.30. The zero-order valence-corrected chi connectivity index (χ0v) is 12.0. The van der Waals surface area contributed by atoms with Gasteiger partial charge in [0, 0.05) is 25.1 Å². The first-order valence-electron chi connectivity index (χ1n) is 6.41. The Kier molecular flexibility index (Phi) is 5.69. The molecule has 0 saturated heterocycles. The van der Waals surface area contributed by atoms with Crippen LogP contribution in [0.3, 0.4) is 0 Å². The predicted molar refractivity (Wildman–Crippen MR) is 74.0 cm³/mol. The normalized spacial score (nSPS) is 10.6. The summed E-state index contributed by atoms with van der Waals surface area (Å²) in [5.41, 5.74) is 0.988. The van der Waals surface area contributed by atoms with E-state index in [1.165, 1.54) is 0 Å². The number of hydrogen-bond acceptors (Lipinski definition) is 3. The molecule has 1 heterocycles. The summed E-state index contributed by atoms with van der Waals surface area (Å²) in [5.74, 6) is 1.85. The second kappa shape index (κ2) is 6.80. The van der Waals surface area contributed by atoms with E-state index in [0.717, 1.165) is 49.6 Å². The highest BCUT2D eigenvalue weighted by Gasteiger charge is 2.13. The number of rotatable bonds is 6. The third-order valence-corrected chi connectivity index (χ3v) is 3.12. The first-order chi connectivity index (χ1) is 8.13. The molecule has 0 amide bonds. The Morgan fingerprint density at radius 2 is 1.82 bits per heavy atom. The van der Waals surface area contributed by atoms with Crippen molar-refractivity contribution in [1.29, 1.82) is 0 Å². The minimum Gasteiger partial charge on any atom is -0.357 e. The van der Waals surface area contributed by atoms with Crippen LogP contribution >= 0.6 is 11.6 Å². The Morgan fingerprint density at radius 1 is 1.12 bits per heavy atom. The molecule has 0 aliphatic carbocycles. The molecule has 0 unspecified atom stereocenters. The lowest BCUT2D eigenvalue weighted by atomic mass is 10.2. The van der Waals surface area contributed by atoms with Gasteiger partial charge in [0.15, 0.2) is 0 Å². The van der Waals surface area contributed by atoms with Gasteiger partial charge in [0.2, 0.25) is 0 Å². The van der Waals surface area contributed by atoms with Crippen molar-refractivity contribution in [3.8, 4) is 0 Å². The molecule has 3 nitrogen and oxygen atoms in total. The lowest BCUT2D eigenvalue weighted by Gasteiger charge is -2.23. The molecule has 0 N–H and O–H groups in total. The molecule has 17 heavy (non-hydrogen) atoms. The van der Waals surface area contributed by atoms with Crippen LogP contribution in [0, 0.1) is 6.92 Å². The summed E-state index contributed by atoms with van der Waals surface area (Å²) in [5, 5.41) is 0.591. The van der Waals surface area contributed by atoms with E-state index in [1.807, 2.05) is 6.92 Å². The average Bonchev–Trinajstić information content (AvgIpc) is 2.31. The number of nitrogens with zero attached hydrogens (tertiary/aromatic N) is 3. The second-order valence-corrected chi connectivity index (χ2v) is 4.57. The van der Waals surface area contributed by atoms with Crippen molar-refractivity contribution in [3.63, 3.8) is 0 Å². The van der Waals surface area contributed by atoms with Gasteiger partial charge < -0.3 is 4.90 Å². The zero-order valence-electron chi connectivity index (χ0n) is 11.3. The molecule has 0 saturated carbocycles. The minimum atomic E-state index is 0.591. The summed E-state index contributed by atoms with van der Waals surface area (Å²) in [6, 6.07) is 0. The fourth-order valence-corrected chi connectivity index (χ4v) is 2.03. The molecule has 4 heteroatoms. The van der Waals surface area contributed by atoms with Crippen LogP contribution in [-0.4, -0.2) is 23.1 Å². The molecule has 0 aromatic carbocycles. The maximum atomic E-state index is 6.18. The van der Waals surface area contributed by atoms with Gasteiger partial charge >= 0.3 is 0 Å². The fourth-order valence-electron chi connectivity index (χ4n) is 1.85. The summed E-state index contributed by atoms with van der Waals surface area (Å²) < 4.78 is 0. The second-order valence-electron chi connectivity index (χ2n) is 4.21. The molecule has 0 atom stereocenters. The lowest BCUT2D eigenvalue weighted by molar-refractivity contribution is 0.754. The Labute approximate surface area is 109 Å². The molecular formula is C13H22ClN3. The highest BCUT2D eigenvalue weighted by Crippen LogP contribution is 2.23. The maximum absolute atomic E-state index is 6.18. The number of aromatic nitrogens is 2. The smallest absolute Gasteiger partial charge is 0.137 e. The summed E-state index contributed by atoms with van der Waals surface area (Å²) in [4.78, 5) is 11.2. The molecule has 0 spiro atoms. The number of anilines is 1. The Hall–Kier alpha value is -0.830. The van der Waals surface area contributed by atoms with E-state index in [4.69, 9.17) is 11.6 Å². The third-order valence-electron chi connectivity index (χ3n) is 2.76. The van der Waals surface area contributed by atoms with Crippen molar-refractivity contribution in [2.24, 2.45) is 0 Å². The first-order valence-corrected chi connectivity index (χ1v) is 6.79. The molecule has 0 aliphatic rings. The minimum absolute atomic E-state index is 0.591. The van der Waals surface area contributed by atoms with E-state index < -0.39 is 0 Å². The van der Waals surface area contributed by atoms with Crippen molar-refractivity contribution < 1.29 is 0 Å². The number of aryl methyl sites for hydroxylation is 1. The van der Waals surface area contributed by atoms with Crippen molar-refractivity contribution in [1.82, 2.24) is 9.97 Å². The van der Waals surface area contributed by atoms with E-state index in [0.29, 0.717) is 5.15 Å². The molecule has 0 aliphatic heterocycles. The van der Waals surface area contributed by atoms with Crippen LogP contribution in [-0.2, 0) is 6.42 Å². The van der Waals surface area contributed by atoms with Crippen LogP contribution in [0.1, 0.15) is 45.0 Å². The van der Waals surface area contributed by atoms with Gasteiger partial charge in [0.05, 0.1) is 0 Å². The quantitative estimate of drug-likeness (QED) is 0.727. The zero-order chi connectivity index (χ0) is 12.8. The largest absolute Gasteiger partial charge is 0.357 e. The van der Waals surface area contributed by atoms with E-state index >= 15 is 0 Å². The van der Waals surface area contributed by atoms with Gasteiger partial charge in [-0.2, -0.15) is 0 Å². The molecule has 0 radical (unpaired) electrons. The van der Waals surface area contributed by atoms with E-state index in [2.05, 4.69) is 35.6 Å². The summed E-state index contributed by atoms with van der Waals surface area (Å²) >= 11 is 6.18. The van der Waals surface area contributed by atoms with Crippen molar-refractivity contribution in [2.45, 2.75) is 47.0 Å². The van der Waals surface area contributed by atoms with Gasteiger partial charge in [0.25, 0.3) is 0 Å². The summed E-state index contributed by atoms with van der Waals surface area (Å²) in [6.45, 7) is 10.4. The standard InChI is InChI=1S/C13H22ClN3/c1-5-8-11-15-12(14)10(4)13(16-11)17(7-3)9-6-2/h5-9H2,1-4H3. The van der Waals surface area contributed by atoms with Crippen molar-refractivity contribution in [2.75, 3.05) is 18.0 Å². The van der Waals surface area contributed by atoms with Gasteiger partial charge in [-0.15, -0.1) is 0 Å². The van der Waals surface area contributed by atoms with Crippen LogP contribution in [0.2, 0.25) is 5.15 Å². The SMILES string of the molecule is CCCc1nc(Cl)c(C)c(N(CC)CCC)n1. The van der Waals surface area contributed by atoms with Crippen LogP contribution < -0.4 is 4.90 Å². The van der Waals surface area contributed by atoms with Crippen LogP contribution in [0.25, 0.3) is 0 Å². The van der Waals surface area contributed by atoms with Crippen LogP contribution in [0.4, 0.5) is 5.82 Å². The molecule has 96 valence electrons. The van der Waals surface area contributed by atoms with Crippen molar-refractivity contribution >= 4 is 17.4 Å².